The summed E-state index contributed by atoms with van der Waals surface area (Å²) in [5.41, 5.74) is 1.88. The molecule has 0 unspecified atom stereocenters. The number of carboxylic acids is 1. The predicted octanol–water partition coefficient (Wildman–Crippen LogP) is 1.57. The van der Waals surface area contributed by atoms with Gasteiger partial charge in [-0.15, -0.1) is 0 Å². The quantitative estimate of drug-likeness (QED) is 0.898. The number of nitrogens with zero attached hydrogens (tertiary/aromatic N) is 1. The van der Waals surface area contributed by atoms with Gasteiger partial charge in [0.2, 0.25) is 0 Å². The molecule has 0 aliphatic carbocycles. The van der Waals surface area contributed by atoms with Gasteiger partial charge in [-0.2, -0.15) is 0 Å². The molecule has 0 aromatic carbocycles. The van der Waals surface area contributed by atoms with Gasteiger partial charge in [0.05, 0.1) is 13.0 Å². The maximum absolute atomic E-state index is 11.8. The molecule has 2 rings (SSSR count). The van der Waals surface area contributed by atoms with Gasteiger partial charge in [-0.05, 0) is 25.3 Å². The summed E-state index contributed by atoms with van der Waals surface area (Å²) in [6.07, 6.45) is 11.0. The number of hydrogen-bond donors (Lipinski definition) is 1. The molecule has 1 N–H and O–H groups in total. The second kappa shape index (κ2) is 7.25. The van der Waals surface area contributed by atoms with Gasteiger partial charge in [-0.25, -0.2) is 0 Å². The first kappa shape index (κ1) is 16.3. The number of aromatic nitrogens is 1. The number of carboxylic acid groups (broad SMARTS) is 1. The minimum atomic E-state index is -0.831. The molecule has 0 saturated heterocycles. The molecule has 0 radical (unpaired) electrons. The average Bonchev–Trinajstić information content (AvgIpc) is 2.75. The smallest absolute Gasteiger partial charge is 0.307 e. The van der Waals surface area contributed by atoms with Crippen LogP contribution in [0.5, 0.6) is 0 Å². The van der Waals surface area contributed by atoms with Crippen molar-refractivity contribution in [1.82, 2.24) is 4.57 Å². The molecule has 0 saturated carbocycles. The van der Waals surface area contributed by atoms with E-state index in [9.17, 15) is 14.7 Å². The monoisotopic (exact) mass is 301 g/mol. The second-order valence-corrected chi connectivity index (χ2v) is 5.60. The zero-order valence-corrected chi connectivity index (χ0v) is 13.3. The lowest BCUT2D eigenvalue weighted by atomic mass is 10.0. The summed E-state index contributed by atoms with van der Waals surface area (Å²) in [6.45, 7) is 4.40. The normalized spacial score (nSPS) is 16.5. The fraction of sp³-hybridized carbons (Fsp3) is 0.444. The van der Waals surface area contributed by atoms with Gasteiger partial charge in [0.1, 0.15) is 0 Å². The van der Waals surface area contributed by atoms with Gasteiger partial charge < -0.3 is 9.67 Å². The Bertz CT molecular complexity index is 722. The molecule has 0 amide bonds. The lowest BCUT2D eigenvalue weighted by molar-refractivity contribution is -0.136. The van der Waals surface area contributed by atoms with Crippen molar-refractivity contribution in [2.75, 3.05) is 0 Å². The molecule has 0 spiro atoms. The van der Waals surface area contributed by atoms with Crippen LogP contribution in [0.1, 0.15) is 44.4 Å². The summed E-state index contributed by atoms with van der Waals surface area (Å²) in [6, 6.07) is 0. The third-order valence-electron chi connectivity index (χ3n) is 3.95. The van der Waals surface area contributed by atoms with E-state index in [0.717, 1.165) is 34.7 Å². The lowest BCUT2D eigenvalue weighted by Crippen LogP contribution is -2.34. The highest BCUT2D eigenvalue weighted by Crippen LogP contribution is 2.14. The van der Waals surface area contributed by atoms with Crippen molar-refractivity contribution in [3.05, 3.63) is 34.0 Å². The van der Waals surface area contributed by atoms with Crippen molar-refractivity contribution >= 4 is 23.9 Å². The standard InChI is InChI=1S/C18H23NO3/c1-3-5-7-14-15(11-18(21)22)17-10-9-13(20)12-19(17)16(14)8-6-4-2/h3,5,7-8H,4,6,9-12H2,1-2H3,(H,21,22)/b5-3-,14-7-,16-8-. The molecule has 1 aromatic rings. The van der Waals surface area contributed by atoms with Gasteiger partial charge >= 0.3 is 5.97 Å². The van der Waals surface area contributed by atoms with E-state index >= 15 is 0 Å². The summed E-state index contributed by atoms with van der Waals surface area (Å²) in [4.78, 5) is 23.1. The molecule has 1 aliphatic rings. The molecule has 0 atom stereocenters. The first-order valence-electron chi connectivity index (χ1n) is 7.85. The zero-order chi connectivity index (χ0) is 16.1. The first-order valence-corrected chi connectivity index (χ1v) is 7.85. The number of Topliss-reactive ketones (excluding diaryl/α,β-unsaturated/α-hetero) is 1. The molecule has 0 bridgehead atoms. The van der Waals surface area contributed by atoms with E-state index in [-0.39, 0.29) is 12.2 Å². The van der Waals surface area contributed by atoms with E-state index in [1.807, 2.05) is 29.7 Å². The molecular formula is C18H23NO3. The van der Waals surface area contributed by atoms with Gasteiger partial charge in [0.25, 0.3) is 0 Å². The van der Waals surface area contributed by atoms with Crippen molar-refractivity contribution in [1.29, 1.82) is 0 Å². The van der Waals surface area contributed by atoms with Crippen LogP contribution in [0.3, 0.4) is 0 Å². The Balaban J connectivity index is 2.76. The van der Waals surface area contributed by atoms with E-state index in [1.54, 1.807) is 0 Å². The Morgan fingerprint density at radius 3 is 2.77 bits per heavy atom. The van der Waals surface area contributed by atoms with Gasteiger partial charge in [0.15, 0.2) is 5.78 Å². The summed E-state index contributed by atoms with van der Waals surface area (Å²) in [5.74, 6) is -0.615. The molecule has 1 aliphatic heterocycles. The van der Waals surface area contributed by atoms with Crippen LogP contribution in [0.25, 0.3) is 12.2 Å². The average molecular weight is 301 g/mol. The number of hydrogen-bond acceptors (Lipinski definition) is 2. The van der Waals surface area contributed by atoms with Crippen LogP contribution in [-0.2, 0) is 29.0 Å². The topological polar surface area (TPSA) is 59.3 Å². The molecule has 1 aromatic heterocycles. The number of rotatable bonds is 5. The maximum atomic E-state index is 11.8. The third-order valence-corrected chi connectivity index (χ3v) is 3.95. The van der Waals surface area contributed by atoms with E-state index in [2.05, 4.69) is 13.0 Å². The van der Waals surface area contributed by atoms with Crippen LogP contribution in [-0.4, -0.2) is 21.4 Å². The summed E-state index contributed by atoms with van der Waals surface area (Å²) in [7, 11) is 0. The fourth-order valence-electron chi connectivity index (χ4n) is 2.97. The molecule has 118 valence electrons. The number of carbonyl (C=O) groups excluding carboxylic acids is 1. The largest absolute Gasteiger partial charge is 0.481 e. The van der Waals surface area contributed by atoms with Crippen LogP contribution in [0.2, 0.25) is 0 Å². The highest BCUT2D eigenvalue weighted by molar-refractivity contribution is 5.80. The van der Waals surface area contributed by atoms with Gasteiger partial charge in [-0.3, -0.25) is 9.59 Å². The number of carbonyl (C=O) groups is 2. The SMILES string of the molecule is C\C=C/C=c1/c(CC(=O)O)c2n(/c1=C\CCC)CC(=O)CC2. The van der Waals surface area contributed by atoms with E-state index in [1.165, 1.54) is 0 Å². The Kier molecular flexibility index (Phi) is 5.36. The van der Waals surface area contributed by atoms with E-state index < -0.39 is 5.97 Å². The number of unbranched alkanes of at least 4 members (excludes halogenated alkanes) is 1. The van der Waals surface area contributed by atoms with Crippen LogP contribution >= 0.6 is 0 Å². The Hall–Kier alpha value is -2.10. The van der Waals surface area contributed by atoms with E-state index in [4.69, 9.17) is 0 Å². The predicted molar refractivity (Wildman–Crippen MR) is 87.0 cm³/mol. The van der Waals surface area contributed by atoms with Crippen molar-refractivity contribution in [3.63, 3.8) is 0 Å². The number of ketones is 1. The molecule has 0 fully saturated rings. The Morgan fingerprint density at radius 1 is 1.36 bits per heavy atom. The number of fused-ring (bicyclic) bond motifs is 1. The minimum absolute atomic E-state index is 0.00682. The molecule has 2 heterocycles. The van der Waals surface area contributed by atoms with Crippen LogP contribution in [0, 0.1) is 0 Å². The first-order chi connectivity index (χ1) is 10.6. The van der Waals surface area contributed by atoms with Gasteiger partial charge in [-0.1, -0.05) is 37.6 Å². The minimum Gasteiger partial charge on any atom is -0.481 e. The second-order valence-electron chi connectivity index (χ2n) is 5.60. The van der Waals surface area contributed by atoms with Crippen molar-refractivity contribution in [3.8, 4) is 0 Å². The van der Waals surface area contributed by atoms with Crippen molar-refractivity contribution < 1.29 is 14.7 Å². The van der Waals surface area contributed by atoms with E-state index in [0.29, 0.717) is 19.4 Å². The summed E-state index contributed by atoms with van der Waals surface area (Å²) < 4.78 is 2.02. The highest BCUT2D eigenvalue weighted by atomic mass is 16.4. The fourth-order valence-corrected chi connectivity index (χ4v) is 2.97. The molecule has 4 nitrogen and oxygen atoms in total. The van der Waals surface area contributed by atoms with Crippen LogP contribution in [0.4, 0.5) is 0 Å². The Morgan fingerprint density at radius 2 is 2.14 bits per heavy atom. The van der Waals surface area contributed by atoms with Gasteiger partial charge in [0, 0.05) is 22.7 Å². The molecule has 22 heavy (non-hydrogen) atoms. The number of aliphatic carboxylic acids is 1. The maximum Gasteiger partial charge on any atom is 0.307 e. The van der Waals surface area contributed by atoms with Crippen LogP contribution < -0.4 is 10.6 Å². The Labute approximate surface area is 130 Å². The number of allylic oxidation sites excluding steroid dienone is 2. The third kappa shape index (κ3) is 3.38. The zero-order valence-electron chi connectivity index (χ0n) is 13.3. The van der Waals surface area contributed by atoms with Crippen molar-refractivity contribution in [2.24, 2.45) is 0 Å². The molecular weight excluding hydrogens is 278 g/mol. The lowest BCUT2D eigenvalue weighted by Gasteiger charge is -2.16. The summed E-state index contributed by atoms with van der Waals surface area (Å²) in [5, 5.41) is 11.2. The summed E-state index contributed by atoms with van der Waals surface area (Å²) >= 11 is 0. The van der Waals surface area contributed by atoms with Crippen LogP contribution in [0.15, 0.2) is 12.2 Å². The molecule has 4 heteroatoms. The van der Waals surface area contributed by atoms with Crippen molar-refractivity contribution in [2.45, 2.75) is 52.5 Å². The highest BCUT2D eigenvalue weighted by Gasteiger charge is 2.22.